The van der Waals surface area contributed by atoms with E-state index < -0.39 is 0 Å². The molecule has 2 rings (SSSR count). The molecular weight excluding hydrogens is 384 g/mol. The van der Waals surface area contributed by atoms with E-state index >= 15 is 0 Å². The monoisotopic (exact) mass is 422 g/mol. The van der Waals surface area contributed by atoms with Crippen LogP contribution in [0.25, 0.3) is 0 Å². The Bertz CT molecular complexity index is 620. The van der Waals surface area contributed by atoms with E-state index in [2.05, 4.69) is 43.7 Å². The topological polar surface area (TPSA) is 142 Å². The average molecular weight is 423 g/mol. The number of rotatable bonds is 4. The second kappa shape index (κ2) is 16.5. The van der Waals surface area contributed by atoms with Crippen LogP contribution in [0.3, 0.4) is 0 Å². The van der Waals surface area contributed by atoms with Crippen LogP contribution in [0.4, 0.5) is 0 Å². The molecule has 1 fully saturated rings. The Labute approximate surface area is 180 Å². The number of likely N-dealkylation sites (N-methyl/N-ethyl adjacent to an activating group) is 1. The number of carbonyl (C=O) groups is 2. The smallest absolute Gasteiger partial charge is 0.223 e. The molecule has 8 nitrogen and oxygen atoms in total. The van der Waals surface area contributed by atoms with Crippen molar-refractivity contribution in [3.8, 4) is 12.3 Å². The number of nitrogens with one attached hydrogen (secondary N) is 1. The third kappa shape index (κ3) is 12.3. The zero-order chi connectivity index (χ0) is 23.7. The fourth-order valence-electron chi connectivity index (χ4n) is 2.71. The first-order valence-electron chi connectivity index (χ1n) is 9.63. The van der Waals surface area contributed by atoms with E-state index in [1.807, 2.05) is 38.1 Å². The molecule has 1 aliphatic heterocycles. The summed E-state index contributed by atoms with van der Waals surface area (Å²) in [7, 11) is 1.82. The number of benzene rings is 1. The molecule has 2 atom stereocenters. The third-order valence-corrected chi connectivity index (χ3v) is 4.21. The van der Waals surface area contributed by atoms with Crippen LogP contribution in [0.1, 0.15) is 50.8 Å². The molecule has 0 aromatic heterocycles. The van der Waals surface area contributed by atoms with Crippen molar-refractivity contribution < 1.29 is 19.8 Å². The van der Waals surface area contributed by atoms with Crippen LogP contribution in [0, 0.1) is 17.8 Å². The van der Waals surface area contributed by atoms with Crippen LogP contribution in [-0.2, 0) is 9.59 Å². The fraction of sp³-hybridized carbons (Fsp3) is 0.545. The minimum Gasteiger partial charge on any atom is -0.394 e. The minimum atomic E-state index is -0.302. The average Bonchev–Trinajstić information content (AvgIpc) is 3.18. The molecule has 0 aliphatic carbocycles. The van der Waals surface area contributed by atoms with Gasteiger partial charge in [0, 0.05) is 25.1 Å². The molecule has 2 unspecified atom stereocenters. The summed E-state index contributed by atoms with van der Waals surface area (Å²) in [6.45, 7) is 9.49. The summed E-state index contributed by atoms with van der Waals surface area (Å²) in [6.07, 6.45) is 6.23. The van der Waals surface area contributed by atoms with Crippen LogP contribution in [0.2, 0.25) is 0 Å². The van der Waals surface area contributed by atoms with E-state index in [0.29, 0.717) is 13.0 Å². The summed E-state index contributed by atoms with van der Waals surface area (Å²) < 4.78 is 0. The lowest BCUT2D eigenvalue weighted by molar-refractivity contribution is -0.132. The zero-order valence-electron chi connectivity index (χ0n) is 18.6. The predicted octanol–water partition coefficient (Wildman–Crippen LogP) is 0.570. The van der Waals surface area contributed by atoms with Crippen LogP contribution < -0.4 is 17.0 Å². The van der Waals surface area contributed by atoms with Crippen molar-refractivity contribution in [1.29, 1.82) is 0 Å². The Hall–Kier alpha value is -2.28. The van der Waals surface area contributed by atoms with Crippen LogP contribution in [0.15, 0.2) is 24.3 Å². The Morgan fingerprint density at radius 3 is 2.20 bits per heavy atom. The van der Waals surface area contributed by atoms with Crippen molar-refractivity contribution in [3.05, 3.63) is 35.4 Å². The zero-order valence-corrected chi connectivity index (χ0v) is 18.6. The standard InChI is InChI=1S/C11H13NO.C10H19NO2.CH2O.H4N2/c1-3-9-4-6-10(7-5-9)11(8-13)12-2;1-10(2,3)6-9(13)11-5-4-8(12)7-11;2*1-2/h1,4-7,11-13H,8H2,2H3;8,12H,4-7H2,1-3H3;1H2;1-2H2. The van der Waals surface area contributed by atoms with Gasteiger partial charge in [0.25, 0.3) is 0 Å². The maximum atomic E-state index is 11.6. The van der Waals surface area contributed by atoms with Gasteiger partial charge in [0.05, 0.1) is 18.8 Å². The van der Waals surface area contributed by atoms with E-state index in [9.17, 15) is 9.90 Å². The lowest BCUT2D eigenvalue weighted by Gasteiger charge is -2.22. The van der Waals surface area contributed by atoms with E-state index in [1.165, 1.54) is 0 Å². The van der Waals surface area contributed by atoms with Gasteiger partial charge in [-0.25, -0.2) is 0 Å². The van der Waals surface area contributed by atoms with Gasteiger partial charge in [0.15, 0.2) is 0 Å². The van der Waals surface area contributed by atoms with Crippen LogP contribution in [-0.4, -0.2) is 60.7 Å². The van der Waals surface area contributed by atoms with Gasteiger partial charge >= 0.3 is 0 Å². The number of aliphatic hydroxyl groups excluding tert-OH is 2. The number of β-amino-alcohol motifs (C(OH)–C–C–N with tert-alkyl or cyclic N) is 1. The van der Waals surface area contributed by atoms with E-state index in [1.54, 1.807) is 4.90 Å². The van der Waals surface area contributed by atoms with Crippen molar-refractivity contribution in [2.75, 3.05) is 26.7 Å². The Balaban J connectivity index is 0. The first-order valence-corrected chi connectivity index (χ1v) is 9.63. The summed E-state index contributed by atoms with van der Waals surface area (Å²) in [5, 5.41) is 21.3. The number of nitrogens with zero attached hydrogens (tertiary/aromatic N) is 1. The number of terminal acetylenes is 1. The van der Waals surface area contributed by atoms with E-state index in [0.717, 1.165) is 24.1 Å². The first-order chi connectivity index (χ1) is 14.2. The molecule has 8 heteroatoms. The first kappa shape index (κ1) is 29.9. The molecular formula is C22H38N4O4. The number of carbonyl (C=O) groups excluding carboxylic acids is 2. The molecule has 0 spiro atoms. The molecule has 1 saturated heterocycles. The number of hydrogen-bond acceptors (Lipinski definition) is 7. The maximum Gasteiger partial charge on any atom is 0.223 e. The van der Waals surface area contributed by atoms with Gasteiger partial charge in [-0.2, -0.15) is 0 Å². The summed E-state index contributed by atoms with van der Waals surface area (Å²) in [4.78, 5) is 21.4. The van der Waals surface area contributed by atoms with Gasteiger partial charge in [-0.3, -0.25) is 16.5 Å². The SMILES string of the molecule is C#Cc1ccc(C(CO)NC)cc1.C=O.CC(C)(C)CC(=O)N1CCC(O)C1.NN. The summed E-state index contributed by atoms with van der Waals surface area (Å²) in [5.41, 5.74) is 1.95. The van der Waals surface area contributed by atoms with Gasteiger partial charge in [0.2, 0.25) is 5.91 Å². The van der Waals surface area contributed by atoms with Crippen LogP contribution >= 0.6 is 0 Å². The van der Waals surface area contributed by atoms with Gasteiger partial charge in [0.1, 0.15) is 6.79 Å². The normalized spacial score (nSPS) is 15.8. The number of amides is 1. The molecule has 7 N–H and O–H groups in total. The third-order valence-electron chi connectivity index (χ3n) is 4.21. The molecule has 170 valence electrons. The molecule has 1 amide bonds. The molecule has 1 aromatic rings. The van der Waals surface area contributed by atoms with Crippen LogP contribution in [0.5, 0.6) is 0 Å². The van der Waals surface area contributed by atoms with Gasteiger partial charge in [-0.05, 0) is 36.6 Å². The number of hydrogen-bond donors (Lipinski definition) is 5. The Kier molecular flexibility index (Phi) is 16.5. The molecule has 0 radical (unpaired) electrons. The Morgan fingerprint density at radius 1 is 1.33 bits per heavy atom. The van der Waals surface area contributed by atoms with Gasteiger partial charge < -0.3 is 25.2 Å². The summed E-state index contributed by atoms with van der Waals surface area (Å²) in [5.74, 6) is 10.7. The molecule has 1 heterocycles. The van der Waals surface area contributed by atoms with Gasteiger partial charge in [-0.15, -0.1) is 6.42 Å². The quantitative estimate of drug-likeness (QED) is 0.271. The molecule has 30 heavy (non-hydrogen) atoms. The van der Waals surface area contributed by atoms with E-state index in [-0.39, 0.29) is 30.1 Å². The highest BCUT2D eigenvalue weighted by molar-refractivity contribution is 5.77. The summed E-state index contributed by atoms with van der Waals surface area (Å²) >= 11 is 0. The Morgan fingerprint density at radius 2 is 1.87 bits per heavy atom. The summed E-state index contributed by atoms with van der Waals surface area (Å²) in [6, 6.07) is 7.58. The highest BCUT2D eigenvalue weighted by atomic mass is 16.3. The van der Waals surface area contributed by atoms with Crippen molar-refractivity contribution in [2.45, 2.75) is 45.8 Å². The number of hydrazine groups is 1. The van der Waals surface area contributed by atoms with Crippen molar-refractivity contribution in [3.63, 3.8) is 0 Å². The minimum absolute atomic E-state index is 0.00757. The molecule has 0 saturated carbocycles. The lowest BCUT2D eigenvalue weighted by Crippen LogP contribution is -2.32. The number of aliphatic hydroxyl groups is 2. The van der Waals surface area contributed by atoms with E-state index in [4.69, 9.17) is 16.3 Å². The highest BCUT2D eigenvalue weighted by Crippen LogP contribution is 2.21. The maximum absolute atomic E-state index is 11.6. The molecule has 0 bridgehead atoms. The molecule has 1 aromatic carbocycles. The largest absolute Gasteiger partial charge is 0.394 e. The van der Waals surface area contributed by atoms with Crippen molar-refractivity contribution >= 4 is 12.7 Å². The number of likely N-dealkylation sites (tertiary alicyclic amines) is 1. The highest BCUT2D eigenvalue weighted by Gasteiger charge is 2.27. The second-order valence-corrected chi connectivity index (χ2v) is 7.81. The second-order valence-electron chi connectivity index (χ2n) is 7.81. The fourth-order valence-corrected chi connectivity index (χ4v) is 2.71. The molecule has 1 aliphatic rings. The predicted molar refractivity (Wildman–Crippen MR) is 120 cm³/mol. The van der Waals surface area contributed by atoms with Crippen molar-refractivity contribution in [1.82, 2.24) is 10.2 Å². The number of nitrogens with two attached hydrogens (primary N) is 2. The lowest BCUT2D eigenvalue weighted by atomic mass is 9.92. The van der Waals surface area contributed by atoms with Crippen molar-refractivity contribution in [2.24, 2.45) is 17.1 Å². The van der Waals surface area contributed by atoms with Gasteiger partial charge in [-0.1, -0.05) is 38.8 Å².